The quantitative estimate of drug-likeness (QED) is 0.552. The van der Waals surface area contributed by atoms with E-state index in [0.717, 1.165) is 11.5 Å². The summed E-state index contributed by atoms with van der Waals surface area (Å²) in [6, 6.07) is 2.01. The van der Waals surface area contributed by atoms with Crippen molar-refractivity contribution in [3.05, 3.63) is 11.8 Å². The second kappa shape index (κ2) is 1.73. The highest BCUT2D eigenvalue weighted by Gasteiger charge is 2.17. The van der Waals surface area contributed by atoms with E-state index in [1.165, 1.54) is 0 Å². The molecule has 0 aromatic carbocycles. The van der Waals surface area contributed by atoms with Gasteiger partial charge in [-0.05, 0) is 13.8 Å². The van der Waals surface area contributed by atoms with Crippen LogP contribution in [0.25, 0.3) is 0 Å². The largest absolute Gasteiger partial charge is 0.304 e. The van der Waals surface area contributed by atoms with E-state index in [0.29, 0.717) is 0 Å². The van der Waals surface area contributed by atoms with E-state index in [9.17, 15) is 0 Å². The number of anilines is 1. The maximum atomic E-state index is 4.26. The Balaban J connectivity index is 2.49. The first-order valence-corrected chi connectivity index (χ1v) is 3.35. The van der Waals surface area contributed by atoms with Crippen LogP contribution in [-0.4, -0.2) is 9.78 Å². The van der Waals surface area contributed by atoms with Gasteiger partial charge >= 0.3 is 0 Å². The van der Waals surface area contributed by atoms with Gasteiger partial charge in [-0.25, -0.2) is 10.1 Å². The van der Waals surface area contributed by atoms with Crippen molar-refractivity contribution >= 4 is 5.82 Å². The van der Waals surface area contributed by atoms with Crippen molar-refractivity contribution in [2.24, 2.45) is 0 Å². The molecule has 54 valence electrons. The smallest absolute Gasteiger partial charge is 0.140 e. The summed E-state index contributed by atoms with van der Waals surface area (Å²) in [6.45, 7) is 4.04. The predicted molar refractivity (Wildman–Crippen MR) is 38.4 cm³/mol. The van der Waals surface area contributed by atoms with Gasteiger partial charge in [0.2, 0.25) is 0 Å². The molecule has 1 aromatic rings. The SMILES string of the molecule is Cc1cc2n(n1)C(C)NN2. The van der Waals surface area contributed by atoms with Crippen molar-refractivity contribution in [2.45, 2.75) is 20.0 Å². The van der Waals surface area contributed by atoms with Crippen molar-refractivity contribution in [3.63, 3.8) is 0 Å². The van der Waals surface area contributed by atoms with Gasteiger partial charge in [-0.2, -0.15) is 5.10 Å². The minimum Gasteiger partial charge on any atom is -0.304 e. The number of hydrazine groups is 1. The zero-order chi connectivity index (χ0) is 7.14. The summed E-state index contributed by atoms with van der Waals surface area (Å²) in [5.74, 6) is 1.05. The molecule has 0 spiro atoms. The Kier molecular flexibility index (Phi) is 0.990. The molecule has 1 aromatic heterocycles. The third-order valence-corrected chi connectivity index (χ3v) is 1.63. The highest BCUT2D eigenvalue weighted by atomic mass is 15.6. The van der Waals surface area contributed by atoms with Crippen LogP contribution in [0.4, 0.5) is 5.82 Å². The minimum absolute atomic E-state index is 0.267. The average molecular weight is 138 g/mol. The van der Waals surface area contributed by atoms with Crippen molar-refractivity contribution in [2.75, 3.05) is 5.43 Å². The molecular formula is C6H10N4. The van der Waals surface area contributed by atoms with Crippen LogP contribution in [0.15, 0.2) is 6.07 Å². The van der Waals surface area contributed by atoms with Gasteiger partial charge in [-0.15, -0.1) is 0 Å². The summed E-state index contributed by atoms with van der Waals surface area (Å²) in [5.41, 5.74) is 7.12. The lowest BCUT2D eigenvalue weighted by molar-refractivity contribution is 0.481. The molecule has 1 aliphatic heterocycles. The molecule has 0 amide bonds. The number of nitrogens with one attached hydrogen (secondary N) is 2. The molecule has 0 saturated heterocycles. The zero-order valence-electron chi connectivity index (χ0n) is 6.05. The first-order chi connectivity index (χ1) is 4.77. The van der Waals surface area contributed by atoms with Crippen LogP contribution >= 0.6 is 0 Å². The molecule has 2 N–H and O–H groups in total. The molecule has 1 aliphatic rings. The van der Waals surface area contributed by atoms with Gasteiger partial charge < -0.3 is 5.43 Å². The van der Waals surface area contributed by atoms with Crippen molar-refractivity contribution in [1.29, 1.82) is 0 Å². The molecule has 0 fully saturated rings. The number of fused-ring (bicyclic) bond motifs is 1. The second-order valence-electron chi connectivity index (χ2n) is 2.56. The molecule has 10 heavy (non-hydrogen) atoms. The van der Waals surface area contributed by atoms with E-state index >= 15 is 0 Å². The minimum atomic E-state index is 0.267. The third kappa shape index (κ3) is 0.623. The summed E-state index contributed by atoms with van der Waals surface area (Å²) in [6.07, 6.45) is 0.267. The molecule has 1 atom stereocenters. The van der Waals surface area contributed by atoms with Gasteiger partial charge in [0.25, 0.3) is 0 Å². The fourth-order valence-corrected chi connectivity index (χ4v) is 1.14. The highest BCUT2D eigenvalue weighted by molar-refractivity contribution is 5.38. The topological polar surface area (TPSA) is 41.9 Å². The predicted octanol–water partition coefficient (Wildman–Crippen LogP) is 0.640. The number of hydrogen-bond donors (Lipinski definition) is 2. The van der Waals surface area contributed by atoms with E-state index < -0.39 is 0 Å². The van der Waals surface area contributed by atoms with Crippen LogP contribution in [0.3, 0.4) is 0 Å². The van der Waals surface area contributed by atoms with Crippen LogP contribution in [0.2, 0.25) is 0 Å². The number of nitrogens with zero attached hydrogens (tertiary/aromatic N) is 2. The van der Waals surface area contributed by atoms with Gasteiger partial charge in [0.15, 0.2) is 0 Å². The van der Waals surface area contributed by atoms with Crippen LogP contribution in [0, 0.1) is 6.92 Å². The van der Waals surface area contributed by atoms with Crippen LogP contribution in [0.1, 0.15) is 18.8 Å². The Bertz CT molecular complexity index is 252. The summed E-state index contributed by atoms with van der Waals surface area (Å²) in [4.78, 5) is 0. The van der Waals surface area contributed by atoms with E-state index in [1.807, 2.05) is 17.7 Å². The van der Waals surface area contributed by atoms with Gasteiger partial charge in [0.05, 0.1) is 5.69 Å². The van der Waals surface area contributed by atoms with E-state index in [-0.39, 0.29) is 6.17 Å². The molecule has 0 aliphatic carbocycles. The second-order valence-corrected chi connectivity index (χ2v) is 2.56. The Morgan fingerprint density at radius 2 is 2.50 bits per heavy atom. The zero-order valence-corrected chi connectivity index (χ0v) is 6.05. The summed E-state index contributed by atoms with van der Waals surface area (Å²) < 4.78 is 1.93. The Morgan fingerprint density at radius 1 is 1.70 bits per heavy atom. The van der Waals surface area contributed by atoms with E-state index in [1.54, 1.807) is 0 Å². The monoisotopic (exact) mass is 138 g/mol. The molecule has 2 rings (SSSR count). The summed E-state index contributed by atoms with van der Waals surface area (Å²) >= 11 is 0. The molecule has 1 unspecified atom stereocenters. The lowest BCUT2D eigenvalue weighted by atomic mass is 10.5. The molecule has 0 saturated carbocycles. The lowest BCUT2D eigenvalue weighted by Gasteiger charge is -2.01. The van der Waals surface area contributed by atoms with Gasteiger partial charge in [-0.3, -0.25) is 0 Å². The molecule has 4 heteroatoms. The van der Waals surface area contributed by atoms with Gasteiger partial charge in [0, 0.05) is 6.07 Å². The number of aryl methyl sites for hydroxylation is 1. The van der Waals surface area contributed by atoms with Crippen LogP contribution in [-0.2, 0) is 0 Å². The average Bonchev–Trinajstić information content (AvgIpc) is 2.35. The third-order valence-electron chi connectivity index (χ3n) is 1.63. The summed E-state index contributed by atoms with van der Waals surface area (Å²) in [7, 11) is 0. The van der Waals surface area contributed by atoms with Gasteiger partial charge in [0.1, 0.15) is 12.0 Å². The van der Waals surface area contributed by atoms with Gasteiger partial charge in [-0.1, -0.05) is 0 Å². The Morgan fingerprint density at radius 3 is 3.20 bits per heavy atom. The fourth-order valence-electron chi connectivity index (χ4n) is 1.14. The number of hydrogen-bond acceptors (Lipinski definition) is 3. The Hall–Kier alpha value is -1.03. The Labute approximate surface area is 59.2 Å². The lowest BCUT2D eigenvalue weighted by Crippen LogP contribution is -2.19. The van der Waals surface area contributed by atoms with E-state index in [2.05, 4.69) is 22.9 Å². The van der Waals surface area contributed by atoms with Crippen LogP contribution in [0.5, 0.6) is 0 Å². The van der Waals surface area contributed by atoms with Crippen LogP contribution < -0.4 is 10.9 Å². The number of rotatable bonds is 0. The molecule has 4 nitrogen and oxygen atoms in total. The molecule has 2 heterocycles. The van der Waals surface area contributed by atoms with Crippen molar-refractivity contribution in [3.8, 4) is 0 Å². The molecule has 0 radical (unpaired) electrons. The maximum absolute atomic E-state index is 4.26. The maximum Gasteiger partial charge on any atom is 0.140 e. The standard InChI is InChI=1S/C6H10N4/c1-4-3-6-8-7-5(2)10(6)9-4/h3,5,7-8H,1-2H3. The first kappa shape index (κ1) is 5.73. The highest BCUT2D eigenvalue weighted by Crippen LogP contribution is 2.18. The first-order valence-electron chi connectivity index (χ1n) is 3.35. The molecular weight excluding hydrogens is 128 g/mol. The summed E-state index contributed by atoms with van der Waals surface area (Å²) in [5, 5.41) is 4.26. The normalized spacial score (nSPS) is 22.4. The van der Waals surface area contributed by atoms with E-state index in [4.69, 9.17) is 0 Å². The van der Waals surface area contributed by atoms with Crippen molar-refractivity contribution < 1.29 is 0 Å². The van der Waals surface area contributed by atoms with Crippen molar-refractivity contribution in [1.82, 2.24) is 15.2 Å². The fraction of sp³-hybridized carbons (Fsp3) is 0.500. The molecule has 0 bridgehead atoms. The number of aromatic nitrogens is 2.